The number of hydrogen-bond acceptors (Lipinski definition) is 5. The Balaban J connectivity index is 2.51. The molecule has 8 nitrogen and oxygen atoms in total. The van der Waals surface area contributed by atoms with Gasteiger partial charge in [-0.3, -0.25) is 9.48 Å². The minimum atomic E-state index is -3.83. The van der Waals surface area contributed by atoms with E-state index in [1.165, 1.54) is 8.99 Å². The van der Waals surface area contributed by atoms with E-state index < -0.39 is 16.1 Å². The fourth-order valence-corrected chi connectivity index (χ4v) is 4.38. The Labute approximate surface area is 118 Å². The van der Waals surface area contributed by atoms with Gasteiger partial charge in [0, 0.05) is 20.1 Å². The van der Waals surface area contributed by atoms with Crippen LogP contribution in [0.3, 0.4) is 0 Å². The van der Waals surface area contributed by atoms with E-state index >= 15 is 0 Å². The van der Waals surface area contributed by atoms with Gasteiger partial charge in [0.2, 0.25) is 15.9 Å². The molecule has 0 aromatic carbocycles. The maximum atomic E-state index is 12.8. The molecule has 112 valence electrons. The number of aromatic nitrogens is 2. The van der Waals surface area contributed by atoms with Gasteiger partial charge in [0.1, 0.15) is 10.9 Å². The molecule has 2 rings (SSSR count). The number of nitrogens with two attached hydrogens (primary N) is 1. The summed E-state index contributed by atoms with van der Waals surface area (Å²) < 4.78 is 28.2. The number of carbonyl (C=O) groups is 1. The summed E-state index contributed by atoms with van der Waals surface area (Å²) in [6.07, 6.45) is 0.407. The molecule has 0 aliphatic carbocycles. The highest BCUT2D eigenvalue weighted by Crippen LogP contribution is 2.27. The summed E-state index contributed by atoms with van der Waals surface area (Å²) in [5.41, 5.74) is 6.18. The highest BCUT2D eigenvalue weighted by molar-refractivity contribution is 7.89. The lowest BCUT2D eigenvalue weighted by atomic mass is 10.2. The van der Waals surface area contributed by atoms with Crippen LogP contribution in [0.1, 0.15) is 19.0 Å². The van der Waals surface area contributed by atoms with Crippen LogP contribution in [0, 0.1) is 6.92 Å². The van der Waals surface area contributed by atoms with Gasteiger partial charge in [0.25, 0.3) is 0 Å². The molecule has 1 atom stereocenters. The Morgan fingerprint density at radius 2 is 2.15 bits per heavy atom. The molecule has 3 N–H and O–H groups in total. The molecule has 1 fully saturated rings. The van der Waals surface area contributed by atoms with E-state index in [0.717, 1.165) is 0 Å². The monoisotopic (exact) mass is 301 g/mol. The topological polar surface area (TPSA) is 110 Å². The molecule has 1 saturated heterocycles. The number of hydrogen-bond donors (Lipinski definition) is 2. The van der Waals surface area contributed by atoms with Crippen LogP contribution < -0.4 is 11.1 Å². The molecule has 1 aromatic heterocycles. The van der Waals surface area contributed by atoms with E-state index in [0.29, 0.717) is 18.7 Å². The second-order valence-corrected chi connectivity index (χ2v) is 6.58. The van der Waals surface area contributed by atoms with Gasteiger partial charge < -0.3 is 11.1 Å². The van der Waals surface area contributed by atoms with E-state index in [-0.39, 0.29) is 23.2 Å². The molecule has 0 saturated carbocycles. The third-order valence-corrected chi connectivity index (χ3v) is 5.61. The second-order valence-electron chi connectivity index (χ2n) is 4.75. The molecule has 1 aliphatic heterocycles. The van der Waals surface area contributed by atoms with Crippen molar-refractivity contribution >= 4 is 21.7 Å². The van der Waals surface area contributed by atoms with Crippen LogP contribution in [-0.2, 0) is 21.9 Å². The number of sulfonamides is 1. The first-order valence-corrected chi connectivity index (χ1v) is 7.83. The Bertz CT molecular complexity index is 637. The third-order valence-electron chi connectivity index (χ3n) is 3.54. The van der Waals surface area contributed by atoms with Crippen LogP contribution in [0.25, 0.3) is 0 Å². The standard InChI is InChI=1S/C11H19N5O3S/c1-4-8-11(17)13-5-6-16(8)20(18,19)9-7(2)15(3)14-10(9)12/h8H,4-6H2,1-3H3,(H2,12,14)(H,13,17). The number of aryl methyl sites for hydroxylation is 1. The van der Waals surface area contributed by atoms with Crippen molar-refractivity contribution in [2.45, 2.75) is 31.2 Å². The zero-order valence-electron chi connectivity index (χ0n) is 11.8. The van der Waals surface area contributed by atoms with Gasteiger partial charge in [-0.05, 0) is 13.3 Å². The van der Waals surface area contributed by atoms with Gasteiger partial charge in [-0.1, -0.05) is 6.92 Å². The van der Waals surface area contributed by atoms with Crippen molar-refractivity contribution in [1.29, 1.82) is 0 Å². The van der Waals surface area contributed by atoms with Crippen LogP contribution in [0.4, 0.5) is 5.82 Å². The number of carbonyl (C=O) groups excluding carboxylic acids is 1. The van der Waals surface area contributed by atoms with Crippen molar-refractivity contribution in [3.05, 3.63) is 5.69 Å². The van der Waals surface area contributed by atoms with Crippen LogP contribution in [0.5, 0.6) is 0 Å². The summed E-state index contributed by atoms with van der Waals surface area (Å²) in [5, 5.41) is 6.60. The molecular weight excluding hydrogens is 282 g/mol. The average molecular weight is 301 g/mol. The molecule has 1 unspecified atom stereocenters. The van der Waals surface area contributed by atoms with Gasteiger partial charge >= 0.3 is 0 Å². The van der Waals surface area contributed by atoms with E-state index in [1.807, 2.05) is 0 Å². The number of nitrogens with zero attached hydrogens (tertiary/aromatic N) is 3. The lowest BCUT2D eigenvalue weighted by Gasteiger charge is -2.33. The lowest BCUT2D eigenvalue weighted by Crippen LogP contribution is -2.56. The summed E-state index contributed by atoms with van der Waals surface area (Å²) in [4.78, 5) is 11.8. The van der Waals surface area contributed by atoms with Crippen LogP contribution in [-0.4, -0.2) is 47.5 Å². The molecule has 1 aliphatic rings. The van der Waals surface area contributed by atoms with Crippen LogP contribution >= 0.6 is 0 Å². The van der Waals surface area contributed by atoms with E-state index in [1.54, 1.807) is 20.9 Å². The van der Waals surface area contributed by atoms with Crippen molar-refractivity contribution in [3.63, 3.8) is 0 Å². The summed E-state index contributed by atoms with van der Waals surface area (Å²) in [6, 6.07) is -0.701. The van der Waals surface area contributed by atoms with Crippen molar-refractivity contribution in [2.24, 2.45) is 7.05 Å². The van der Waals surface area contributed by atoms with Crippen LogP contribution in [0.2, 0.25) is 0 Å². The Morgan fingerprint density at radius 1 is 1.50 bits per heavy atom. The number of anilines is 1. The normalized spacial score (nSPS) is 20.9. The molecule has 1 amide bonds. The van der Waals surface area contributed by atoms with Crippen molar-refractivity contribution in [3.8, 4) is 0 Å². The molecular formula is C11H19N5O3S. The summed E-state index contributed by atoms with van der Waals surface area (Å²) in [6.45, 7) is 3.95. The van der Waals surface area contributed by atoms with Gasteiger partial charge in [0.15, 0.2) is 5.82 Å². The van der Waals surface area contributed by atoms with E-state index in [9.17, 15) is 13.2 Å². The van der Waals surface area contributed by atoms with Gasteiger partial charge in [-0.2, -0.15) is 9.40 Å². The fraction of sp³-hybridized carbons (Fsp3) is 0.636. The zero-order chi connectivity index (χ0) is 15.1. The number of nitrogen functional groups attached to an aromatic ring is 1. The maximum absolute atomic E-state index is 12.8. The zero-order valence-corrected chi connectivity index (χ0v) is 12.6. The van der Waals surface area contributed by atoms with Gasteiger partial charge in [0.05, 0.1) is 5.69 Å². The predicted octanol–water partition coefficient (Wildman–Crippen LogP) is -0.790. The van der Waals surface area contributed by atoms with Crippen molar-refractivity contribution in [1.82, 2.24) is 19.4 Å². The summed E-state index contributed by atoms with van der Waals surface area (Å²) in [7, 11) is -2.20. The predicted molar refractivity (Wildman–Crippen MR) is 73.3 cm³/mol. The third kappa shape index (κ3) is 2.16. The van der Waals surface area contributed by atoms with Gasteiger partial charge in [-0.15, -0.1) is 0 Å². The molecule has 20 heavy (non-hydrogen) atoms. The maximum Gasteiger partial charge on any atom is 0.249 e. The highest BCUT2D eigenvalue weighted by atomic mass is 32.2. The number of nitrogens with one attached hydrogen (secondary N) is 1. The average Bonchev–Trinajstić information content (AvgIpc) is 2.63. The molecule has 0 radical (unpaired) electrons. The summed E-state index contributed by atoms with van der Waals surface area (Å²) in [5.74, 6) is -0.312. The minimum Gasteiger partial charge on any atom is -0.381 e. The number of rotatable bonds is 3. The van der Waals surface area contributed by atoms with Crippen molar-refractivity contribution < 1.29 is 13.2 Å². The second kappa shape index (κ2) is 5.06. The first-order chi connectivity index (χ1) is 9.30. The lowest BCUT2D eigenvalue weighted by molar-refractivity contribution is -0.126. The first kappa shape index (κ1) is 14.8. The Kier molecular flexibility index (Phi) is 3.74. The molecule has 9 heteroatoms. The number of piperazine rings is 1. The first-order valence-electron chi connectivity index (χ1n) is 6.39. The molecule has 0 bridgehead atoms. The quantitative estimate of drug-likeness (QED) is 0.760. The molecule has 1 aromatic rings. The van der Waals surface area contributed by atoms with Crippen LogP contribution in [0.15, 0.2) is 4.90 Å². The Morgan fingerprint density at radius 3 is 2.65 bits per heavy atom. The smallest absolute Gasteiger partial charge is 0.249 e. The molecule has 2 heterocycles. The molecule has 0 spiro atoms. The Hall–Kier alpha value is -1.61. The highest BCUT2D eigenvalue weighted by Gasteiger charge is 2.40. The van der Waals surface area contributed by atoms with Gasteiger partial charge in [-0.25, -0.2) is 8.42 Å². The SMILES string of the molecule is CCC1C(=O)NCCN1S(=O)(=O)c1c(N)nn(C)c1C. The minimum absolute atomic E-state index is 0.00634. The van der Waals surface area contributed by atoms with E-state index in [4.69, 9.17) is 5.73 Å². The fourth-order valence-electron chi connectivity index (χ4n) is 2.42. The number of amides is 1. The van der Waals surface area contributed by atoms with Crippen molar-refractivity contribution in [2.75, 3.05) is 18.8 Å². The largest absolute Gasteiger partial charge is 0.381 e. The van der Waals surface area contributed by atoms with E-state index in [2.05, 4.69) is 10.4 Å². The summed E-state index contributed by atoms with van der Waals surface area (Å²) >= 11 is 0.